The zero-order valence-electron chi connectivity index (χ0n) is 16.1. The van der Waals surface area contributed by atoms with E-state index in [9.17, 15) is 15.2 Å². The molecular formula is C24H19N3O3. The second-order valence-electron chi connectivity index (χ2n) is 7.33. The predicted octanol–water partition coefficient (Wildman–Crippen LogP) is 4.58. The molecule has 6 nitrogen and oxygen atoms in total. The van der Waals surface area contributed by atoms with E-state index in [1.165, 1.54) is 12.1 Å². The summed E-state index contributed by atoms with van der Waals surface area (Å²) in [6.07, 6.45) is 5.68. The molecule has 0 saturated heterocycles. The highest BCUT2D eigenvalue weighted by atomic mass is 16.6. The maximum absolute atomic E-state index is 11.1. The van der Waals surface area contributed by atoms with E-state index in [0.29, 0.717) is 6.54 Å². The minimum atomic E-state index is -0.719. The molecule has 1 aliphatic rings. The number of aliphatic imine (C=N–C) groups is 1. The van der Waals surface area contributed by atoms with Crippen molar-refractivity contribution in [2.24, 2.45) is 4.99 Å². The van der Waals surface area contributed by atoms with Crippen LogP contribution >= 0.6 is 0 Å². The van der Waals surface area contributed by atoms with Gasteiger partial charge in [-0.25, -0.2) is 0 Å². The first-order valence-corrected chi connectivity index (χ1v) is 9.74. The lowest BCUT2D eigenvalue weighted by atomic mass is 9.83. The van der Waals surface area contributed by atoms with Crippen LogP contribution in [0.5, 0.6) is 0 Å². The molecule has 4 aromatic rings. The monoisotopic (exact) mass is 397 g/mol. The maximum Gasteiger partial charge on any atom is 0.269 e. The van der Waals surface area contributed by atoms with Crippen LogP contribution in [0.1, 0.15) is 11.1 Å². The molecule has 1 unspecified atom stereocenters. The van der Waals surface area contributed by atoms with Crippen molar-refractivity contribution in [1.29, 1.82) is 0 Å². The number of rotatable bonds is 5. The fourth-order valence-electron chi connectivity index (χ4n) is 4.36. The Hall–Kier alpha value is -3.77. The van der Waals surface area contributed by atoms with Crippen molar-refractivity contribution in [3.8, 4) is 0 Å². The van der Waals surface area contributed by atoms with Gasteiger partial charge in [0, 0.05) is 46.7 Å². The average Bonchev–Trinajstić information content (AvgIpc) is 3.39. The zero-order valence-corrected chi connectivity index (χ0v) is 16.1. The molecule has 0 saturated carbocycles. The Labute approximate surface area is 172 Å². The Bertz CT molecular complexity index is 1320. The van der Waals surface area contributed by atoms with Gasteiger partial charge in [-0.15, -0.1) is 0 Å². The molecule has 1 aromatic heterocycles. The lowest BCUT2D eigenvalue weighted by Gasteiger charge is -2.26. The number of hydrogen-bond acceptors (Lipinski definition) is 4. The first kappa shape index (κ1) is 18.3. The highest BCUT2D eigenvalue weighted by molar-refractivity contribution is 6.08. The van der Waals surface area contributed by atoms with Crippen LogP contribution in [0.25, 0.3) is 21.8 Å². The molecule has 0 bridgehead atoms. The van der Waals surface area contributed by atoms with Gasteiger partial charge in [-0.1, -0.05) is 24.3 Å². The zero-order chi connectivity index (χ0) is 20.7. The minimum Gasteiger partial charge on any atom is -0.395 e. The van der Waals surface area contributed by atoms with Crippen LogP contribution in [0.2, 0.25) is 0 Å². The molecule has 148 valence electrons. The summed E-state index contributed by atoms with van der Waals surface area (Å²) in [4.78, 5) is 15.4. The van der Waals surface area contributed by atoms with E-state index in [0.717, 1.165) is 32.9 Å². The van der Waals surface area contributed by atoms with E-state index >= 15 is 0 Å². The van der Waals surface area contributed by atoms with Crippen LogP contribution in [-0.2, 0) is 12.1 Å². The normalized spacial score (nSPS) is 17.9. The molecule has 1 N–H and O–H groups in total. The Morgan fingerprint density at radius 2 is 1.70 bits per heavy atom. The van der Waals surface area contributed by atoms with Gasteiger partial charge in [0.2, 0.25) is 0 Å². The molecule has 30 heavy (non-hydrogen) atoms. The number of allylic oxidation sites excluding steroid dienone is 1. The van der Waals surface area contributed by atoms with E-state index in [1.807, 2.05) is 30.4 Å². The third-order valence-corrected chi connectivity index (χ3v) is 5.76. The number of hydrogen-bond donors (Lipinski definition) is 1. The fourth-order valence-corrected chi connectivity index (χ4v) is 4.36. The Morgan fingerprint density at radius 1 is 0.967 bits per heavy atom. The third-order valence-electron chi connectivity index (χ3n) is 5.76. The number of para-hydroxylation sites is 1. The number of aromatic nitrogens is 1. The minimum absolute atomic E-state index is 0.0578. The predicted molar refractivity (Wildman–Crippen MR) is 118 cm³/mol. The highest BCUT2D eigenvalue weighted by Crippen LogP contribution is 2.40. The first-order valence-electron chi connectivity index (χ1n) is 9.74. The molecule has 0 radical (unpaired) electrons. The lowest BCUT2D eigenvalue weighted by Crippen LogP contribution is -2.20. The van der Waals surface area contributed by atoms with Gasteiger partial charge in [0.15, 0.2) is 0 Å². The Morgan fingerprint density at radius 3 is 2.40 bits per heavy atom. The number of non-ortho nitro benzene ring substituents is 1. The van der Waals surface area contributed by atoms with E-state index in [1.54, 1.807) is 18.3 Å². The number of nitro benzene ring substituents is 1. The van der Waals surface area contributed by atoms with Crippen molar-refractivity contribution in [3.05, 3.63) is 100 Å². The quantitative estimate of drug-likeness (QED) is 0.395. The first-order chi connectivity index (χ1) is 14.6. The van der Waals surface area contributed by atoms with Crippen LogP contribution in [0.4, 0.5) is 5.69 Å². The summed E-state index contributed by atoms with van der Waals surface area (Å²) < 4.78 is 2.13. The van der Waals surface area contributed by atoms with Gasteiger partial charge in [0.05, 0.1) is 11.5 Å². The maximum atomic E-state index is 11.1. The van der Waals surface area contributed by atoms with Crippen LogP contribution in [0.15, 0.2) is 83.9 Å². The number of benzene rings is 3. The highest BCUT2D eigenvalue weighted by Gasteiger charge is 2.33. The van der Waals surface area contributed by atoms with Crippen molar-refractivity contribution in [3.63, 3.8) is 0 Å². The summed E-state index contributed by atoms with van der Waals surface area (Å²) in [6, 6.07) is 21.0. The van der Waals surface area contributed by atoms with Crippen molar-refractivity contribution >= 4 is 33.7 Å². The van der Waals surface area contributed by atoms with Gasteiger partial charge in [-0.05, 0) is 53.6 Å². The van der Waals surface area contributed by atoms with E-state index in [2.05, 4.69) is 28.8 Å². The van der Waals surface area contributed by atoms with Crippen molar-refractivity contribution in [1.82, 2.24) is 4.57 Å². The fraction of sp³-hybridized carbons (Fsp3) is 0.125. The van der Waals surface area contributed by atoms with E-state index in [4.69, 9.17) is 4.99 Å². The van der Waals surface area contributed by atoms with Crippen LogP contribution in [0, 0.1) is 10.1 Å². The molecule has 5 rings (SSSR count). The van der Waals surface area contributed by atoms with E-state index in [-0.39, 0.29) is 12.3 Å². The number of fused-ring (bicyclic) bond motifs is 3. The smallest absolute Gasteiger partial charge is 0.269 e. The molecule has 2 heterocycles. The Kier molecular flexibility index (Phi) is 4.22. The molecule has 0 fully saturated rings. The second kappa shape index (κ2) is 6.93. The summed E-state index contributed by atoms with van der Waals surface area (Å²) in [6.45, 7) is 0.588. The van der Waals surface area contributed by atoms with Crippen molar-refractivity contribution < 1.29 is 10.0 Å². The summed E-state index contributed by atoms with van der Waals surface area (Å²) in [5.41, 5.74) is 3.33. The van der Waals surface area contributed by atoms with Crippen LogP contribution in [0.3, 0.4) is 0 Å². The van der Waals surface area contributed by atoms with Gasteiger partial charge in [0.1, 0.15) is 5.54 Å². The van der Waals surface area contributed by atoms with Gasteiger partial charge in [-0.3, -0.25) is 15.1 Å². The van der Waals surface area contributed by atoms with Crippen molar-refractivity contribution in [2.75, 3.05) is 6.61 Å². The van der Waals surface area contributed by atoms with Crippen LogP contribution < -0.4 is 0 Å². The van der Waals surface area contributed by atoms with Gasteiger partial charge in [-0.2, -0.15) is 0 Å². The number of aliphatic hydroxyl groups is 1. The van der Waals surface area contributed by atoms with Crippen LogP contribution in [-0.4, -0.2) is 27.4 Å². The topological polar surface area (TPSA) is 80.7 Å². The average molecular weight is 397 g/mol. The Balaban J connectivity index is 1.72. The largest absolute Gasteiger partial charge is 0.395 e. The summed E-state index contributed by atoms with van der Waals surface area (Å²) in [7, 11) is 0. The van der Waals surface area contributed by atoms with Gasteiger partial charge < -0.3 is 9.67 Å². The number of nitrogens with zero attached hydrogens (tertiary/aromatic N) is 3. The summed E-state index contributed by atoms with van der Waals surface area (Å²) in [5, 5.41) is 22.8. The number of aliphatic hydroxyl groups excluding tert-OH is 1. The lowest BCUT2D eigenvalue weighted by molar-refractivity contribution is -0.384. The van der Waals surface area contributed by atoms with Gasteiger partial charge >= 0.3 is 0 Å². The standard InChI is InChI=1S/C24H19N3O3/c28-15-14-26-22-5-2-1-4-20(22)21-16-18(8-11-23(21)26)24(12-3-13-25-24)17-6-9-19(10-7-17)27(29)30/h1-13,16,28H,14-15H2. The molecule has 1 aliphatic heterocycles. The molecule has 0 amide bonds. The second-order valence-corrected chi connectivity index (χ2v) is 7.33. The summed E-state index contributed by atoms with van der Waals surface area (Å²) in [5.74, 6) is 0. The molecule has 0 spiro atoms. The molecular weight excluding hydrogens is 378 g/mol. The summed E-state index contributed by atoms with van der Waals surface area (Å²) >= 11 is 0. The third kappa shape index (κ3) is 2.65. The molecule has 3 aromatic carbocycles. The SMILES string of the molecule is O=[N+]([O-])c1ccc(C2(c3ccc4c(c3)c3ccccc3n4CCO)C=CC=N2)cc1. The van der Waals surface area contributed by atoms with Gasteiger partial charge in [0.25, 0.3) is 5.69 Å². The molecule has 6 heteroatoms. The number of nitro groups is 1. The molecule has 1 atom stereocenters. The molecule has 0 aliphatic carbocycles. The van der Waals surface area contributed by atoms with Crippen molar-refractivity contribution in [2.45, 2.75) is 12.1 Å². The van der Waals surface area contributed by atoms with E-state index < -0.39 is 10.5 Å².